The number of hydrogen-bond acceptors (Lipinski definition) is 1. The molecule has 3 nitrogen and oxygen atoms in total. The van der Waals surface area contributed by atoms with Crippen LogP contribution < -0.4 is 5.32 Å². The fourth-order valence-corrected chi connectivity index (χ4v) is 3.30. The average molecular weight is 298 g/mol. The monoisotopic (exact) mass is 298 g/mol. The summed E-state index contributed by atoms with van der Waals surface area (Å²) in [7, 11) is 0. The molecule has 2 rings (SSSR count). The van der Waals surface area contributed by atoms with Crippen LogP contribution in [0.15, 0.2) is 18.2 Å². The number of nitrogens with one attached hydrogen (secondary N) is 1. The highest BCUT2D eigenvalue weighted by molar-refractivity contribution is 5.79. The summed E-state index contributed by atoms with van der Waals surface area (Å²) in [6.45, 7) is 13.6. The molecule has 0 unspecified atom stereocenters. The molecule has 1 saturated carbocycles. The van der Waals surface area contributed by atoms with Crippen molar-refractivity contribution in [1.29, 1.82) is 0 Å². The van der Waals surface area contributed by atoms with Gasteiger partial charge in [-0.25, -0.2) is 4.85 Å². The van der Waals surface area contributed by atoms with E-state index in [-0.39, 0.29) is 11.4 Å². The quantitative estimate of drug-likeness (QED) is 0.800. The van der Waals surface area contributed by atoms with Gasteiger partial charge < -0.3 is 5.32 Å². The number of nitrogens with zero attached hydrogens (tertiary/aromatic N) is 1. The Balaban J connectivity index is 2.05. The van der Waals surface area contributed by atoms with Gasteiger partial charge in [-0.15, -0.1) is 0 Å². The molecule has 0 radical (unpaired) electrons. The molecule has 0 heterocycles. The first-order valence-electron chi connectivity index (χ1n) is 8.25. The van der Waals surface area contributed by atoms with Crippen LogP contribution in [0, 0.1) is 6.57 Å². The number of hydrogen-bond donors (Lipinski definition) is 1. The summed E-state index contributed by atoms with van der Waals surface area (Å²) in [5.41, 5.74) is 2.68. The van der Waals surface area contributed by atoms with E-state index in [0.29, 0.717) is 18.0 Å². The molecule has 1 aliphatic rings. The normalized spacial score (nSPS) is 17.0. The molecule has 0 saturated heterocycles. The molecule has 3 heteroatoms. The van der Waals surface area contributed by atoms with Crippen LogP contribution >= 0.6 is 0 Å². The highest BCUT2D eigenvalue weighted by Gasteiger charge is 2.28. The zero-order valence-electron chi connectivity index (χ0n) is 13.9. The van der Waals surface area contributed by atoms with Gasteiger partial charge in [-0.05, 0) is 36.8 Å². The number of carbonyl (C=O) groups excluding carboxylic acids is 1. The summed E-state index contributed by atoms with van der Waals surface area (Å²) in [6, 6.07) is 5.76. The fraction of sp³-hybridized carbons (Fsp3) is 0.579. The molecule has 118 valence electrons. The Hall–Kier alpha value is -1.82. The van der Waals surface area contributed by atoms with E-state index in [1.54, 1.807) is 0 Å². The number of amides is 1. The average Bonchev–Trinajstić information content (AvgIpc) is 2.47. The summed E-state index contributed by atoms with van der Waals surface area (Å²) in [4.78, 5) is 15.9. The lowest BCUT2D eigenvalue weighted by Crippen LogP contribution is -2.47. The lowest BCUT2D eigenvalue weighted by Gasteiger charge is -2.34. The Labute approximate surface area is 133 Å². The van der Waals surface area contributed by atoms with Crippen LogP contribution in [0.4, 0.5) is 5.69 Å². The molecular formula is C19H26N2O. The molecule has 1 aromatic carbocycles. The Bertz CT molecular complexity index is 578. The van der Waals surface area contributed by atoms with Crippen molar-refractivity contribution >= 4 is 11.6 Å². The van der Waals surface area contributed by atoms with Crippen LogP contribution in [0.2, 0.25) is 0 Å². The minimum absolute atomic E-state index is 0.0351. The standard InChI is InChI=1S/C19H26N2O/c1-14(2)16-12-15(8-9-17(16)20-4)13-18(22)21-19(3)10-6-5-7-11-19/h8-9,12,14H,5-7,10-11,13H2,1-3H3,(H,21,22). The summed E-state index contributed by atoms with van der Waals surface area (Å²) in [5, 5.41) is 3.22. The van der Waals surface area contributed by atoms with E-state index in [2.05, 4.69) is 30.9 Å². The van der Waals surface area contributed by atoms with Crippen LogP contribution in [0.25, 0.3) is 4.85 Å². The summed E-state index contributed by atoms with van der Waals surface area (Å²) < 4.78 is 0. The predicted molar refractivity (Wildman–Crippen MR) is 90.1 cm³/mol. The van der Waals surface area contributed by atoms with Gasteiger partial charge in [0.15, 0.2) is 5.69 Å². The van der Waals surface area contributed by atoms with Crippen molar-refractivity contribution in [1.82, 2.24) is 5.32 Å². The molecule has 0 spiro atoms. The molecule has 1 fully saturated rings. The van der Waals surface area contributed by atoms with E-state index in [9.17, 15) is 4.79 Å². The fourth-order valence-electron chi connectivity index (χ4n) is 3.30. The van der Waals surface area contributed by atoms with Crippen molar-refractivity contribution in [2.24, 2.45) is 0 Å². The summed E-state index contributed by atoms with van der Waals surface area (Å²) in [6.07, 6.45) is 6.23. The summed E-state index contributed by atoms with van der Waals surface area (Å²) in [5.74, 6) is 0.387. The SMILES string of the molecule is [C-]#[N+]c1ccc(CC(=O)NC2(C)CCCCC2)cc1C(C)C. The highest BCUT2D eigenvalue weighted by Crippen LogP contribution is 2.29. The molecule has 0 aromatic heterocycles. The molecule has 22 heavy (non-hydrogen) atoms. The molecule has 0 atom stereocenters. The van der Waals surface area contributed by atoms with Crippen LogP contribution in [0.1, 0.15) is 69.9 Å². The van der Waals surface area contributed by atoms with E-state index >= 15 is 0 Å². The zero-order chi connectivity index (χ0) is 16.2. The summed E-state index contributed by atoms with van der Waals surface area (Å²) >= 11 is 0. The van der Waals surface area contributed by atoms with E-state index in [4.69, 9.17) is 6.57 Å². The first kappa shape index (κ1) is 16.5. The Morgan fingerprint density at radius 2 is 2.00 bits per heavy atom. The van der Waals surface area contributed by atoms with Gasteiger partial charge in [0.2, 0.25) is 5.91 Å². The topological polar surface area (TPSA) is 33.5 Å². The molecule has 0 bridgehead atoms. The number of carbonyl (C=O) groups is 1. The third-order valence-corrected chi connectivity index (χ3v) is 4.60. The van der Waals surface area contributed by atoms with E-state index in [0.717, 1.165) is 24.0 Å². The minimum atomic E-state index is -0.0351. The maximum atomic E-state index is 12.3. The third-order valence-electron chi connectivity index (χ3n) is 4.60. The maximum Gasteiger partial charge on any atom is 0.224 e. The molecule has 1 aromatic rings. The van der Waals surface area contributed by atoms with Crippen molar-refractivity contribution in [2.75, 3.05) is 0 Å². The van der Waals surface area contributed by atoms with E-state index in [1.165, 1.54) is 19.3 Å². The minimum Gasteiger partial charge on any atom is -0.351 e. The largest absolute Gasteiger partial charge is 0.351 e. The van der Waals surface area contributed by atoms with Crippen LogP contribution in [0.3, 0.4) is 0 Å². The smallest absolute Gasteiger partial charge is 0.224 e. The number of benzene rings is 1. The first-order valence-corrected chi connectivity index (χ1v) is 8.25. The van der Waals surface area contributed by atoms with Crippen LogP contribution in [-0.4, -0.2) is 11.4 Å². The van der Waals surface area contributed by atoms with Gasteiger partial charge in [0, 0.05) is 5.54 Å². The molecular weight excluding hydrogens is 272 g/mol. The van der Waals surface area contributed by atoms with Gasteiger partial charge in [0.05, 0.1) is 13.0 Å². The third kappa shape index (κ3) is 4.10. The van der Waals surface area contributed by atoms with E-state index < -0.39 is 0 Å². The van der Waals surface area contributed by atoms with Gasteiger partial charge in [0.25, 0.3) is 0 Å². The van der Waals surface area contributed by atoms with Gasteiger partial charge in [-0.2, -0.15) is 0 Å². The zero-order valence-corrected chi connectivity index (χ0v) is 13.9. The molecule has 1 N–H and O–H groups in total. The van der Waals surface area contributed by atoms with Gasteiger partial charge in [0.1, 0.15) is 0 Å². The van der Waals surface area contributed by atoms with Crippen molar-refractivity contribution in [3.05, 3.63) is 40.7 Å². The Kier molecular flexibility index (Phi) is 5.24. The van der Waals surface area contributed by atoms with Gasteiger partial charge in [-0.1, -0.05) is 51.3 Å². The Morgan fingerprint density at radius 1 is 1.32 bits per heavy atom. The van der Waals surface area contributed by atoms with Gasteiger partial charge in [-0.3, -0.25) is 4.79 Å². The molecule has 0 aliphatic heterocycles. The highest BCUT2D eigenvalue weighted by atomic mass is 16.1. The number of rotatable bonds is 4. The van der Waals surface area contributed by atoms with E-state index in [1.807, 2.05) is 18.2 Å². The van der Waals surface area contributed by atoms with Crippen molar-refractivity contribution in [2.45, 2.75) is 70.8 Å². The van der Waals surface area contributed by atoms with Crippen LogP contribution in [-0.2, 0) is 11.2 Å². The second-order valence-corrected chi connectivity index (χ2v) is 7.01. The van der Waals surface area contributed by atoms with Crippen molar-refractivity contribution < 1.29 is 4.79 Å². The van der Waals surface area contributed by atoms with Crippen molar-refractivity contribution in [3.8, 4) is 0 Å². The Morgan fingerprint density at radius 3 is 2.59 bits per heavy atom. The predicted octanol–water partition coefficient (Wildman–Crippen LogP) is 4.74. The maximum absolute atomic E-state index is 12.3. The van der Waals surface area contributed by atoms with Crippen molar-refractivity contribution in [3.63, 3.8) is 0 Å². The second-order valence-electron chi connectivity index (χ2n) is 7.01. The van der Waals surface area contributed by atoms with Gasteiger partial charge >= 0.3 is 0 Å². The lowest BCUT2D eigenvalue weighted by molar-refractivity contribution is -0.122. The first-order chi connectivity index (χ1) is 10.4. The second kappa shape index (κ2) is 6.96. The molecule has 1 aliphatic carbocycles. The molecule has 1 amide bonds. The van der Waals surface area contributed by atoms with Crippen LogP contribution in [0.5, 0.6) is 0 Å². The lowest BCUT2D eigenvalue weighted by atomic mass is 9.83.